The van der Waals surface area contributed by atoms with E-state index in [0.29, 0.717) is 0 Å². The van der Waals surface area contributed by atoms with Gasteiger partial charge in [0.1, 0.15) is 0 Å². The van der Waals surface area contributed by atoms with Crippen LogP contribution >= 0.6 is 22.7 Å². The number of rotatable bonds is 2. The molecule has 1 aromatic carbocycles. The highest BCUT2D eigenvalue weighted by atomic mass is 32.1. The van der Waals surface area contributed by atoms with Gasteiger partial charge in [-0.25, -0.2) is 0 Å². The van der Waals surface area contributed by atoms with Crippen molar-refractivity contribution >= 4 is 28.4 Å². The summed E-state index contributed by atoms with van der Waals surface area (Å²) in [7, 11) is 0. The standard InChI is InChI=1S/C14H11NS2/c15-11-5-3-10(4-6-11)12-7-8-14(17-12)13-2-1-9-16-13/h1-9H,15H2. The van der Waals surface area contributed by atoms with Crippen LogP contribution in [0.3, 0.4) is 0 Å². The predicted molar refractivity (Wildman–Crippen MR) is 77.5 cm³/mol. The Labute approximate surface area is 108 Å². The van der Waals surface area contributed by atoms with Crippen molar-refractivity contribution in [3.8, 4) is 20.2 Å². The van der Waals surface area contributed by atoms with Crippen LogP contribution in [-0.4, -0.2) is 0 Å². The van der Waals surface area contributed by atoms with Gasteiger partial charge in [-0.1, -0.05) is 18.2 Å². The van der Waals surface area contributed by atoms with E-state index in [1.165, 1.54) is 20.2 Å². The van der Waals surface area contributed by atoms with Gasteiger partial charge in [-0.3, -0.25) is 0 Å². The van der Waals surface area contributed by atoms with Crippen LogP contribution < -0.4 is 5.73 Å². The first-order valence-corrected chi connectivity index (χ1v) is 7.02. The summed E-state index contributed by atoms with van der Waals surface area (Å²) in [4.78, 5) is 3.94. The lowest BCUT2D eigenvalue weighted by Crippen LogP contribution is -1.82. The molecule has 0 aliphatic rings. The molecule has 0 aliphatic carbocycles. The van der Waals surface area contributed by atoms with E-state index in [2.05, 4.69) is 41.8 Å². The highest BCUT2D eigenvalue weighted by Gasteiger charge is 2.05. The van der Waals surface area contributed by atoms with Gasteiger partial charge in [0.2, 0.25) is 0 Å². The molecule has 84 valence electrons. The van der Waals surface area contributed by atoms with Crippen LogP contribution in [0.4, 0.5) is 5.69 Å². The molecular weight excluding hydrogens is 246 g/mol. The maximum atomic E-state index is 5.69. The maximum absolute atomic E-state index is 5.69. The van der Waals surface area contributed by atoms with Crippen molar-refractivity contribution in [2.75, 3.05) is 5.73 Å². The van der Waals surface area contributed by atoms with Gasteiger partial charge in [0, 0.05) is 20.3 Å². The Morgan fingerprint density at radius 3 is 2.24 bits per heavy atom. The zero-order chi connectivity index (χ0) is 11.7. The molecule has 17 heavy (non-hydrogen) atoms. The average Bonchev–Trinajstić information content (AvgIpc) is 3.00. The minimum absolute atomic E-state index is 0.809. The monoisotopic (exact) mass is 257 g/mol. The molecule has 0 spiro atoms. The third kappa shape index (κ3) is 2.12. The molecule has 0 atom stereocenters. The van der Waals surface area contributed by atoms with Gasteiger partial charge in [0.25, 0.3) is 0 Å². The normalized spacial score (nSPS) is 10.6. The SMILES string of the molecule is Nc1ccc(-c2ccc(-c3cccs3)s2)cc1. The predicted octanol–water partition coefficient (Wildman–Crippen LogP) is 4.73. The maximum Gasteiger partial charge on any atom is 0.0449 e. The summed E-state index contributed by atoms with van der Waals surface area (Å²) in [6, 6.07) is 16.6. The van der Waals surface area contributed by atoms with Crippen molar-refractivity contribution in [1.82, 2.24) is 0 Å². The fourth-order valence-corrected chi connectivity index (χ4v) is 3.54. The third-order valence-electron chi connectivity index (χ3n) is 2.57. The van der Waals surface area contributed by atoms with E-state index in [1.54, 1.807) is 11.3 Å². The largest absolute Gasteiger partial charge is 0.399 e. The Kier molecular flexibility index (Phi) is 2.71. The molecule has 0 radical (unpaired) electrons. The lowest BCUT2D eigenvalue weighted by atomic mass is 10.2. The first kappa shape index (κ1) is 10.6. The van der Waals surface area contributed by atoms with Gasteiger partial charge in [0.15, 0.2) is 0 Å². The highest BCUT2D eigenvalue weighted by molar-refractivity contribution is 7.23. The van der Waals surface area contributed by atoms with E-state index in [1.807, 2.05) is 23.5 Å². The number of benzene rings is 1. The van der Waals surface area contributed by atoms with Crippen LogP contribution in [0.1, 0.15) is 0 Å². The molecule has 0 bridgehead atoms. The van der Waals surface area contributed by atoms with Crippen LogP contribution in [0.15, 0.2) is 53.9 Å². The highest BCUT2D eigenvalue weighted by Crippen LogP contribution is 2.36. The van der Waals surface area contributed by atoms with E-state index in [-0.39, 0.29) is 0 Å². The molecule has 0 aliphatic heterocycles. The second-order valence-corrected chi connectivity index (χ2v) is 5.79. The third-order valence-corrected chi connectivity index (χ3v) is 4.77. The van der Waals surface area contributed by atoms with Crippen LogP contribution in [-0.2, 0) is 0 Å². The number of nitrogen functional groups attached to an aromatic ring is 1. The minimum atomic E-state index is 0.809. The van der Waals surface area contributed by atoms with Crippen LogP contribution in [0.2, 0.25) is 0 Å². The molecule has 3 rings (SSSR count). The molecule has 1 nitrogen and oxygen atoms in total. The Morgan fingerprint density at radius 2 is 1.53 bits per heavy atom. The summed E-state index contributed by atoms with van der Waals surface area (Å²) >= 11 is 3.60. The second kappa shape index (κ2) is 4.35. The van der Waals surface area contributed by atoms with Gasteiger partial charge in [-0.2, -0.15) is 0 Å². The van der Waals surface area contributed by atoms with Gasteiger partial charge >= 0.3 is 0 Å². The molecular formula is C14H11NS2. The Bertz CT molecular complexity index is 606. The first-order valence-electron chi connectivity index (χ1n) is 5.32. The van der Waals surface area contributed by atoms with Crippen LogP contribution in [0.25, 0.3) is 20.2 Å². The zero-order valence-electron chi connectivity index (χ0n) is 9.09. The molecule has 3 aromatic rings. The molecule has 0 fully saturated rings. The lowest BCUT2D eigenvalue weighted by Gasteiger charge is -1.97. The average molecular weight is 257 g/mol. The van der Waals surface area contributed by atoms with Crippen molar-refractivity contribution in [1.29, 1.82) is 0 Å². The number of hydrogen-bond acceptors (Lipinski definition) is 3. The summed E-state index contributed by atoms with van der Waals surface area (Å²) in [6.07, 6.45) is 0. The Morgan fingerprint density at radius 1 is 0.765 bits per heavy atom. The van der Waals surface area contributed by atoms with Crippen LogP contribution in [0.5, 0.6) is 0 Å². The van der Waals surface area contributed by atoms with Gasteiger partial charge in [-0.05, 0) is 41.3 Å². The van der Waals surface area contributed by atoms with Gasteiger partial charge < -0.3 is 5.73 Å². The summed E-state index contributed by atoms with van der Waals surface area (Å²) in [5, 5.41) is 2.11. The molecule has 2 N–H and O–H groups in total. The molecule has 0 saturated heterocycles. The van der Waals surface area contributed by atoms with Crippen molar-refractivity contribution in [2.24, 2.45) is 0 Å². The van der Waals surface area contributed by atoms with Crippen molar-refractivity contribution < 1.29 is 0 Å². The van der Waals surface area contributed by atoms with Gasteiger partial charge in [-0.15, -0.1) is 22.7 Å². The minimum Gasteiger partial charge on any atom is -0.399 e. The summed E-state index contributed by atoms with van der Waals surface area (Å²) in [5.74, 6) is 0. The molecule has 0 unspecified atom stereocenters. The van der Waals surface area contributed by atoms with Crippen molar-refractivity contribution in [2.45, 2.75) is 0 Å². The van der Waals surface area contributed by atoms with E-state index >= 15 is 0 Å². The molecule has 2 aromatic heterocycles. The molecule has 0 amide bonds. The number of nitrogens with two attached hydrogens (primary N) is 1. The van der Waals surface area contributed by atoms with Gasteiger partial charge in [0.05, 0.1) is 0 Å². The summed E-state index contributed by atoms with van der Waals surface area (Å²) < 4.78 is 0. The van der Waals surface area contributed by atoms with E-state index < -0.39 is 0 Å². The number of hydrogen-bond donors (Lipinski definition) is 1. The molecule has 0 saturated carbocycles. The summed E-state index contributed by atoms with van der Waals surface area (Å²) in [6.45, 7) is 0. The molecule has 2 heterocycles. The quantitative estimate of drug-likeness (QED) is 0.660. The second-order valence-electron chi connectivity index (χ2n) is 3.76. The van der Waals surface area contributed by atoms with E-state index in [4.69, 9.17) is 5.73 Å². The summed E-state index contributed by atoms with van der Waals surface area (Å²) in [5.41, 5.74) is 7.73. The molecule has 3 heteroatoms. The smallest absolute Gasteiger partial charge is 0.0449 e. The van der Waals surface area contributed by atoms with Crippen LogP contribution in [0, 0.1) is 0 Å². The topological polar surface area (TPSA) is 26.0 Å². The zero-order valence-corrected chi connectivity index (χ0v) is 10.7. The number of thiophene rings is 2. The fraction of sp³-hybridized carbons (Fsp3) is 0. The fourth-order valence-electron chi connectivity index (χ4n) is 1.69. The Hall–Kier alpha value is -1.58. The first-order chi connectivity index (χ1) is 8.33. The van der Waals surface area contributed by atoms with Crippen molar-refractivity contribution in [3.63, 3.8) is 0 Å². The Balaban J connectivity index is 1.98. The van der Waals surface area contributed by atoms with E-state index in [9.17, 15) is 0 Å². The number of anilines is 1. The van der Waals surface area contributed by atoms with Crippen molar-refractivity contribution in [3.05, 3.63) is 53.9 Å². The lowest BCUT2D eigenvalue weighted by molar-refractivity contribution is 1.68. The van der Waals surface area contributed by atoms with E-state index in [0.717, 1.165) is 5.69 Å².